The number of aliphatic hydroxyl groups excluding tert-OH is 1. The number of nitro benzene ring substituents is 1. The minimum absolute atomic E-state index is 0.147. The Morgan fingerprint density at radius 1 is 1.53 bits per heavy atom. The van der Waals surface area contributed by atoms with Gasteiger partial charge in [-0.2, -0.15) is 4.39 Å². The number of hydrogen-bond acceptors (Lipinski definition) is 5. The van der Waals surface area contributed by atoms with Crippen LogP contribution in [0.5, 0.6) is 0 Å². The molecule has 0 heterocycles. The third kappa shape index (κ3) is 3.69. The van der Waals surface area contributed by atoms with Gasteiger partial charge in [0, 0.05) is 12.6 Å². The lowest BCUT2D eigenvalue weighted by Crippen LogP contribution is -2.30. The van der Waals surface area contributed by atoms with Crippen LogP contribution in [-0.4, -0.2) is 31.1 Å². The minimum atomic E-state index is -4.03. The topological polar surface area (TPSA) is 110 Å². The van der Waals surface area contributed by atoms with Crippen LogP contribution >= 0.6 is 0 Å². The Balaban J connectivity index is 3.25. The van der Waals surface area contributed by atoms with Gasteiger partial charge in [0.1, 0.15) is 0 Å². The number of aliphatic hydroxyl groups is 1. The third-order valence-electron chi connectivity index (χ3n) is 2.28. The van der Waals surface area contributed by atoms with Gasteiger partial charge in [-0.1, -0.05) is 0 Å². The predicted molar refractivity (Wildman–Crippen MR) is 64.7 cm³/mol. The highest BCUT2D eigenvalue weighted by atomic mass is 32.2. The zero-order valence-electron chi connectivity index (χ0n) is 10.3. The van der Waals surface area contributed by atoms with E-state index in [1.807, 2.05) is 0 Å². The average Bonchev–Trinajstić information content (AvgIpc) is 2.29. The normalized spacial score (nSPS) is 13.3. The summed E-state index contributed by atoms with van der Waals surface area (Å²) in [4.78, 5) is 9.22. The number of halogens is 1. The van der Waals surface area contributed by atoms with Crippen molar-refractivity contribution in [2.45, 2.75) is 24.8 Å². The van der Waals surface area contributed by atoms with Crippen LogP contribution < -0.4 is 4.72 Å². The van der Waals surface area contributed by atoms with Gasteiger partial charge in [-0.05, 0) is 25.5 Å². The molecule has 19 heavy (non-hydrogen) atoms. The lowest BCUT2D eigenvalue weighted by molar-refractivity contribution is -0.387. The maximum absolute atomic E-state index is 13.4. The quantitative estimate of drug-likeness (QED) is 0.613. The van der Waals surface area contributed by atoms with Gasteiger partial charge in [0.15, 0.2) is 0 Å². The summed E-state index contributed by atoms with van der Waals surface area (Å²) in [7, 11) is -4.03. The number of aryl methyl sites for hydroxylation is 1. The molecule has 0 saturated heterocycles. The van der Waals surface area contributed by atoms with Crippen LogP contribution in [0.2, 0.25) is 0 Å². The lowest BCUT2D eigenvalue weighted by atomic mass is 10.2. The molecule has 0 aromatic heterocycles. The Morgan fingerprint density at radius 2 is 2.11 bits per heavy atom. The molecule has 0 amide bonds. The van der Waals surface area contributed by atoms with Gasteiger partial charge in [0.25, 0.3) is 0 Å². The molecule has 9 heteroatoms. The smallest absolute Gasteiger partial charge is 0.306 e. The van der Waals surface area contributed by atoms with Crippen LogP contribution in [0.4, 0.5) is 10.1 Å². The summed E-state index contributed by atoms with van der Waals surface area (Å²) in [5.74, 6) is -1.07. The van der Waals surface area contributed by atoms with E-state index in [0.29, 0.717) is 6.07 Å². The fourth-order valence-electron chi connectivity index (χ4n) is 1.32. The second-order valence-electron chi connectivity index (χ2n) is 4.03. The highest BCUT2D eigenvalue weighted by Gasteiger charge is 2.23. The molecule has 1 aromatic rings. The van der Waals surface area contributed by atoms with E-state index in [-0.39, 0.29) is 12.1 Å². The first-order valence-electron chi connectivity index (χ1n) is 5.27. The van der Waals surface area contributed by atoms with Crippen LogP contribution in [-0.2, 0) is 10.0 Å². The summed E-state index contributed by atoms with van der Waals surface area (Å²) >= 11 is 0. The van der Waals surface area contributed by atoms with Gasteiger partial charge in [-0.3, -0.25) is 10.1 Å². The predicted octanol–water partition coefficient (Wildman–Crippen LogP) is 0.701. The Morgan fingerprint density at radius 3 is 2.58 bits per heavy atom. The summed E-state index contributed by atoms with van der Waals surface area (Å²) in [6.07, 6.45) is -0.911. The van der Waals surface area contributed by atoms with Gasteiger partial charge in [0.05, 0.1) is 15.9 Å². The Bertz CT molecular complexity index is 600. The molecule has 0 aliphatic rings. The average molecular weight is 292 g/mol. The van der Waals surface area contributed by atoms with Crippen molar-refractivity contribution in [3.8, 4) is 0 Å². The van der Waals surface area contributed by atoms with Gasteiger partial charge in [0.2, 0.25) is 15.8 Å². The Kier molecular flexibility index (Phi) is 4.56. The van der Waals surface area contributed by atoms with E-state index in [2.05, 4.69) is 4.72 Å². The third-order valence-corrected chi connectivity index (χ3v) is 3.69. The highest BCUT2D eigenvalue weighted by Crippen LogP contribution is 2.24. The number of nitrogens with zero attached hydrogens (tertiary/aromatic N) is 1. The molecule has 0 aliphatic carbocycles. The first kappa shape index (κ1) is 15.5. The van der Waals surface area contributed by atoms with Crippen LogP contribution in [0.1, 0.15) is 12.5 Å². The van der Waals surface area contributed by atoms with E-state index in [1.165, 1.54) is 13.8 Å². The number of nitro groups is 1. The van der Waals surface area contributed by atoms with Gasteiger partial charge < -0.3 is 5.11 Å². The SMILES string of the molecule is Cc1cc(S(=O)(=O)NC[C@H](C)O)cc([N+](=O)[O-])c1F. The van der Waals surface area contributed by atoms with E-state index in [4.69, 9.17) is 5.11 Å². The molecule has 1 atom stereocenters. The molecule has 2 N–H and O–H groups in total. The minimum Gasteiger partial charge on any atom is -0.392 e. The van der Waals surface area contributed by atoms with Gasteiger partial charge >= 0.3 is 5.69 Å². The molecule has 0 saturated carbocycles. The number of rotatable bonds is 5. The van der Waals surface area contributed by atoms with Crippen LogP contribution in [0.25, 0.3) is 0 Å². The monoisotopic (exact) mass is 292 g/mol. The zero-order valence-corrected chi connectivity index (χ0v) is 11.1. The number of nitrogens with one attached hydrogen (secondary N) is 1. The second kappa shape index (κ2) is 5.59. The molecule has 0 aliphatic heterocycles. The fraction of sp³-hybridized carbons (Fsp3) is 0.400. The second-order valence-corrected chi connectivity index (χ2v) is 5.80. The van der Waals surface area contributed by atoms with Crippen molar-refractivity contribution >= 4 is 15.7 Å². The maximum Gasteiger partial charge on any atom is 0.306 e. The van der Waals surface area contributed by atoms with E-state index in [0.717, 1.165) is 6.07 Å². The Labute approximate surface area is 109 Å². The largest absolute Gasteiger partial charge is 0.392 e. The van der Waals surface area contributed by atoms with Crippen molar-refractivity contribution in [3.63, 3.8) is 0 Å². The van der Waals surface area contributed by atoms with Gasteiger partial charge in [-0.15, -0.1) is 0 Å². The van der Waals surface area contributed by atoms with E-state index >= 15 is 0 Å². The van der Waals surface area contributed by atoms with Gasteiger partial charge in [-0.25, -0.2) is 13.1 Å². The van der Waals surface area contributed by atoms with Crippen LogP contribution in [0, 0.1) is 22.9 Å². The molecule has 7 nitrogen and oxygen atoms in total. The molecule has 0 spiro atoms. The number of sulfonamides is 1. The molecular weight excluding hydrogens is 279 g/mol. The van der Waals surface area contributed by atoms with Crippen molar-refractivity contribution in [3.05, 3.63) is 33.6 Å². The molecule has 0 bridgehead atoms. The van der Waals surface area contributed by atoms with Crippen LogP contribution in [0.15, 0.2) is 17.0 Å². The highest BCUT2D eigenvalue weighted by molar-refractivity contribution is 7.89. The molecule has 106 valence electrons. The van der Waals surface area contributed by atoms with Crippen molar-refractivity contribution in [2.24, 2.45) is 0 Å². The summed E-state index contributed by atoms with van der Waals surface area (Å²) in [6.45, 7) is 2.36. The van der Waals surface area contributed by atoms with E-state index in [9.17, 15) is 22.9 Å². The van der Waals surface area contributed by atoms with E-state index < -0.39 is 37.5 Å². The molecular formula is C10H13FN2O5S. The van der Waals surface area contributed by atoms with Crippen molar-refractivity contribution in [1.82, 2.24) is 4.72 Å². The van der Waals surface area contributed by atoms with Crippen molar-refractivity contribution in [1.29, 1.82) is 0 Å². The van der Waals surface area contributed by atoms with Crippen molar-refractivity contribution in [2.75, 3.05) is 6.54 Å². The summed E-state index contributed by atoms with van der Waals surface area (Å²) in [5, 5.41) is 19.6. The van der Waals surface area contributed by atoms with Crippen LogP contribution in [0.3, 0.4) is 0 Å². The summed E-state index contributed by atoms with van der Waals surface area (Å²) in [5.41, 5.74) is -1.05. The first-order valence-corrected chi connectivity index (χ1v) is 6.75. The summed E-state index contributed by atoms with van der Waals surface area (Å²) < 4.78 is 39.1. The summed E-state index contributed by atoms with van der Waals surface area (Å²) in [6, 6.07) is 1.64. The van der Waals surface area contributed by atoms with E-state index in [1.54, 1.807) is 0 Å². The maximum atomic E-state index is 13.4. The molecule has 1 aromatic carbocycles. The molecule has 1 rings (SSSR count). The standard InChI is InChI=1S/C10H13FN2O5S/c1-6-3-8(4-9(10(6)11)13(15)16)19(17,18)12-5-7(2)14/h3-4,7,12,14H,5H2,1-2H3/t7-/m0/s1. The number of benzene rings is 1. The molecule has 0 unspecified atom stereocenters. The number of hydrogen-bond donors (Lipinski definition) is 2. The zero-order chi connectivity index (χ0) is 14.8. The van der Waals surface area contributed by atoms with Crippen molar-refractivity contribution < 1.29 is 22.8 Å². The fourth-order valence-corrected chi connectivity index (χ4v) is 2.55. The molecule has 0 fully saturated rings. The first-order chi connectivity index (χ1) is 8.65. The lowest BCUT2D eigenvalue weighted by Gasteiger charge is -2.09. The Hall–Kier alpha value is -1.58. The molecule has 0 radical (unpaired) electrons.